The average Bonchev–Trinajstić information content (AvgIpc) is 2.53. The molecule has 0 radical (unpaired) electrons. The topological polar surface area (TPSA) is 53.4 Å². The van der Waals surface area contributed by atoms with Crippen LogP contribution in [0, 0.1) is 18.3 Å². The maximum Gasteiger partial charge on any atom is 0.161 e. The Bertz CT molecular complexity index is 739. The van der Waals surface area contributed by atoms with E-state index in [9.17, 15) is 9.90 Å². The number of aliphatic hydroxyl groups excluding tert-OH is 1. The molecule has 4 nitrogen and oxygen atoms in total. The van der Waals surface area contributed by atoms with Crippen LogP contribution in [0.2, 0.25) is 0 Å². The SMILES string of the molecule is Cc1cccc2ccc(N3CC[C@H](C(=O)CO)C(C)(C)C3)nc12. The van der Waals surface area contributed by atoms with Gasteiger partial charge in [0.1, 0.15) is 12.4 Å². The van der Waals surface area contributed by atoms with Gasteiger partial charge in [-0.2, -0.15) is 0 Å². The van der Waals surface area contributed by atoms with Crippen molar-refractivity contribution < 1.29 is 9.90 Å². The van der Waals surface area contributed by atoms with E-state index >= 15 is 0 Å². The van der Waals surface area contributed by atoms with E-state index in [1.165, 1.54) is 5.56 Å². The molecule has 1 atom stereocenters. The molecule has 23 heavy (non-hydrogen) atoms. The highest BCUT2D eigenvalue weighted by atomic mass is 16.3. The third-order valence-corrected chi connectivity index (χ3v) is 5.01. The molecule has 0 spiro atoms. The van der Waals surface area contributed by atoms with Gasteiger partial charge >= 0.3 is 0 Å². The number of anilines is 1. The van der Waals surface area contributed by atoms with Crippen LogP contribution in [0.4, 0.5) is 5.82 Å². The zero-order valence-corrected chi connectivity index (χ0v) is 14.0. The Balaban J connectivity index is 1.89. The summed E-state index contributed by atoms with van der Waals surface area (Å²) in [4.78, 5) is 19.1. The van der Waals surface area contributed by atoms with E-state index in [-0.39, 0.29) is 23.7 Å². The Kier molecular flexibility index (Phi) is 4.11. The van der Waals surface area contributed by atoms with Crippen LogP contribution < -0.4 is 4.90 Å². The highest BCUT2D eigenvalue weighted by Gasteiger charge is 2.39. The maximum absolute atomic E-state index is 12.0. The minimum Gasteiger partial charge on any atom is -0.389 e. The number of Topliss-reactive ketones (excluding diaryl/α,β-unsaturated/α-hetero) is 1. The molecule has 3 rings (SSSR count). The van der Waals surface area contributed by atoms with Crippen LogP contribution >= 0.6 is 0 Å². The van der Waals surface area contributed by atoms with Crippen molar-refractivity contribution >= 4 is 22.5 Å². The molecule has 122 valence electrons. The monoisotopic (exact) mass is 312 g/mol. The Morgan fingerprint density at radius 3 is 2.83 bits per heavy atom. The van der Waals surface area contributed by atoms with Crippen molar-refractivity contribution in [1.29, 1.82) is 0 Å². The number of aromatic nitrogens is 1. The Morgan fingerprint density at radius 2 is 2.13 bits per heavy atom. The molecular formula is C19H24N2O2. The molecule has 0 unspecified atom stereocenters. The first-order valence-corrected chi connectivity index (χ1v) is 8.17. The number of piperidine rings is 1. The van der Waals surface area contributed by atoms with Gasteiger partial charge in [0.15, 0.2) is 5.78 Å². The van der Waals surface area contributed by atoms with Crippen LogP contribution in [0.1, 0.15) is 25.8 Å². The molecule has 2 heterocycles. The third-order valence-electron chi connectivity index (χ3n) is 5.01. The smallest absolute Gasteiger partial charge is 0.161 e. The Morgan fingerprint density at radius 1 is 1.35 bits per heavy atom. The first-order valence-electron chi connectivity index (χ1n) is 8.17. The number of carbonyl (C=O) groups excluding carboxylic acids is 1. The fraction of sp³-hybridized carbons (Fsp3) is 0.474. The fourth-order valence-electron chi connectivity index (χ4n) is 3.72. The van der Waals surface area contributed by atoms with Gasteiger partial charge in [-0.05, 0) is 36.5 Å². The number of ketones is 1. The van der Waals surface area contributed by atoms with Crippen molar-refractivity contribution in [3.05, 3.63) is 35.9 Å². The van der Waals surface area contributed by atoms with Crippen molar-refractivity contribution in [3.8, 4) is 0 Å². The normalized spacial score (nSPS) is 20.7. The standard InChI is InChI=1S/C19H24N2O2/c1-13-5-4-6-14-7-8-17(20-18(13)14)21-10-9-15(16(23)11-22)19(2,3)12-21/h4-8,15,22H,9-12H2,1-3H3/t15-/m1/s1. The number of benzene rings is 1. The summed E-state index contributed by atoms with van der Waals surface area (Å²) in [6, 6.07) is 10.4. The lowest BCUT2D eigenvalue weighted by molar-refractivity contribution is -0.129. The molecule has 1 fully saturated rings. The minimum absolute atomic E-state index is 0.0445. The summed E-state index contributed by atoms with van der Waals surface area (Å²) < 4.78 is 0. The predicted molar refractivity (Wildman–Crippen MR) is 92.7 cm³/mol. The van der Waals surface area contributed by atoms with Crippen LogP contribution in [-0.4, -0.2) is 35.6 Å². The minimum atomic E-state index is -0.360. The number of fused-ring (bicyclic) bond motifs is 1. The van der Waals surface area contributed by atoms with Crippen LogP contribution in [-0.2, 0) is 4.79 Å². The van der Waals surface area contributed by atoms with Gasteiger partial charge in [-0.25, -0.2) is 4.98 Å². The van der Waals surface area contributed by atoms with E-state index in [1.54, 1.807) is 0 Å². The third kappa shape index (κ3) is 2.95. The highest BCUT2D eigenvalue weighted by Crippen LogP contribution is 2.37. The van der Waals surface area contributed by atoms with Crippen molar-refractivity contribution in [2.24, 2.45) is 11.3 Å². The summed E-state index contributed by atoms with van der Waals surface area (Å²) in [6.45, 7) is 7.49. The van der Waals surface area contributed by atoms with Crippen molar-refractivity contribution in [2.45, 2.75) is 27.2 Å². The molecule has 0 saturated carbocycles. The molecular weight excluding hydrogens is 288 g/mol. The molecule has 1 aliphatic heterocycles. The van der Waals surface area contributed by atoms with E-state index < -0.39 is 0 Å². The zero-order chi connectivity index (χ0) is 16.6. The lowest BCUT2D eigenvalue weighted by atomic mass is 9.72. The Labute approximate surface area is 137 Å². The lowest BCUT2D eigenvalue weighted by Gasteiger charge is -2.44. The molecule has 1 N–H and O–H groups in total. The fourth-order valence-corrected chi connectivity index (χ4v) is 3.72. The van der Waals surface area contributed by atoms with Crippen LogP contribution in [0.15, 0.2) is 30.3 Å². The summed E-state index contributed by atoms with van der Waals surface area (Å²) >= 11 is 0. The van der Waals surface area contributed by atoms with E-state index in [0.29, 0.717) is 0 Å². The van der Waals surface area contributed by atoms with E-state index in [2.05, 4.69) is 49.9 Å². The number of para-hydroxylation sites is 1. The average molecular weight is 312 g/mol. The summed E-state index contributed by atoms with van der Waals surface area (Å²) in [5, 5.41) is 10.3. The van der Waals surface area contributed by atoms with Gasteiger partial charge in [0.05, 0.1) is 5.52 Å². The molecule has 1 saturated heterocycles. The molecule has 1 aliphatic rings. The van der Waals surface area contributed by atoms with E-state index in [1.807, 2.05) is 6.07 Å². The quantitative estimate of drug-likeness (QED) is 0.947. The number of nitrogens with zero attached hydrogens (tertiary/aromatic N) is 2. The zero-order valence-electron chi connectivity index (χ0n) is 14.0. The molecule has 4 heteroatoms. The predicted octanol–water partition coefficient (Wildman–Crippen LogP) is 2.96. The second-order valence-electron chi connectivity index (χ2n) is 7.19. The lowest BCUT2D eigenvalue weighted by Crippen LogP contribution is -2.49. The second-order valence-corrected chi connectivity index (χ2v) is 7.19. The Hall–Kier alpha value is -1.94. The summed E-state index contributed by atoms with van der Waals surface area (Å²) in [5.41, 5.74) is 2.05. The molecule has 1 aromatic heterocycles. The number of hydrogen-bond acceptors (Lipinski definition) is 4. The number of hydrogen-bond donors (Lipinski definition) is 1. The van der Waals surface area contributed by atoms with Gasteiger partial charge in [0, 0.05) is 24.4 Å². The van der Waals surface area contributed by atoms with Crippen LogP contribution in [0.25, 0.3) is 10.9 Å². The summed E-state index contributed by atoms with van der Waals surface area (Å²) in [7, 11) is 0. The maximum atomic E-state index is 12.0. The van der Waals surface area contributed by atoms with Crippen molar-refractivity contribution in [1.82, 2.24) is 4.98 Å². The molecule has 0 aliphatic carbocycles. The first-order chi connectivity index (χ1) is 10.9. The van der Waals surface area contributed by atoms with E-state index in [4.69, 9.17) is 4.98 Å². The van der Waals surface area contributed by atoms with Crippen molar-refractivity contribution in [3.63, 3.8) is 0 Å². The largest absolute Gasteiger partial charge is 0.389 e. The van der Waals surface area contributed by atoms with Crippen LogP contribution in [0.5, 0.6) is 0 Å². The van der Waals surface area contributed by atoms with E-state index in [0.717, 1.165) is 36.2 Å². The molecule has 0 amide bonds. The van der Waals surface area contributed by atoms with Crippen LogP contribution in [0.3, 0.4) is 0 Å². The number of carbonyl (C=O) groups is 1. The summed E-state index contributed by atoms with van der Waals surface area (Å²) in [5.74, 6) is 0.845. The van der Waals surface area contributed by atoms with Gasteiger partial charge in [0.2, 0.25) is 0 Å². The van der Waals surface area contributed by atoms with Gasteiger partial charge in [0.25, 0.3) is 0 Å². The van der Waals surface area contributed by atoms with Gasteiger partial charge < -0.3 is 10.0 Å². The highest BCUT2D eigenvalue weighted by molar-refractivity contribution is 5.84. The second kappa shape index (κ2) is 5.93. The summed E-state index contributed by atoms with van der Waals surface area (Å²) in [6.07, 6.45) is 0.764. The molecule has 1 aromatic carbocycles. The first kappa shape index (κ1) is 15.9. The molecule has 2 aromatic rings. The van der Waals surface area contributed by atoms with Gasteiger partial charge in [-0.3, -0.25) is 4.79 Å². The van der Waals surface area contributed by atoms with Gasteiger partial charge in [-0.1, -0.05) is 32.0 Å². The number of pyridine rings is 1. The number of rotatable bonds is 3. The number of aryl methyl sites for hydroxylation is 1. The van der Waals surface area contributed by atoms with Crippen molar-refractivity contribution in [2.75, 3.05) is 24.6 Å². The number of aliphatic hydroxyl groups is 1. The van der Waals surface area contributed by atoms with Gasteiger partial charge in [-0.15, -0.1) is 0 Å². The molecule has 0 bridgehead atoms.